The Kier molecular flexibility index (Phi) is 7.60. The lowest BCUT2D eigenvalue weighted by atomic mass is 9.88. The van der Waals surface area contributed by atoms with Crippen LogP contribution in [0.25, 0.3) is 11.1 Å². The summed E-state index contributed by atoms with van der Waals surface area (Å²) >= 11 is 0. The number of fused-ring (bicyclic) bond motifs is 1. The number of rotatable bonds is 9. The van der Waals surface area contributed by atoms with Gasteiger partial charge in [0.1, 0.15) is 0 Å². The SMILES string of the molecule is CCCCOC(=O)NS(=O)(=O)c1ccc2c(c1-c1ccc(Cn3ccnc3)cc1)CCC2C(C)C. The summed E-state index contributed by atoms with van der Waals surface area (Å²) in [5, 5.41) is 0. The standard InChI is InChI=1S/C27H33N3O4S/c1-4-5-16-34-27(31)29-35(32,33)25-13-12-23-22(19(2)3)10-11-24(23)26(25)21-8-6-20(7-9-21)17-30-15-14-28-18-30/h6-9,12-15,18-19,22H,4-5,10-11,16-17H2,1-3H3,(H,29,31). The van der Waals surface area contributed by atoms with Gasteiger partial charge in [0, 0.05) is 24.5 Å². The number of nitrogens with zero attached hydrogens (tertiary/aromatic N) is 2. The first kappa shape index (κ1) is 25.0. The van der Waals surface area contributed by atoms with Gasteiger partial charge in [-0.2, -0.15) is 0 Å². The Bertz CT molecular complexity index is 1270. The summed E-state index contributed by atoms with van der Waals surface area (Å²) < 4.78 is 35.8. The van der Waals surface area contributed by atoms with Gasteiger partial charge in [-0.1, -0.05) is 57.5 Å². The van der Waals surface area contributed by atoms with Gasteiger partial charge >= 0.3 is 6.09 Å². The summed E-state index contributed by atoms with van der Waals surface area (Å²) in [7, 11) is -4.12. The molecule has 1 aliphatic carbocycles. The number of carbonyl (C=O) groups excluding carboxylic acids is 1. The van der Waals surface area contributed by atoms with Crippen molar-refractivity contribution in [2.75, 3.05) is 6.61 Å². The van der Waals surface area contributed by atoms with Crippen molar-refractivity contribution in [3.05, 3.63) is 71.8 Å². The third-order valence-corrected chi connectivity index (χ3v) is 7.98. The first-order valence-corrected chi connectivity index (χ1v) is 13.7. The van der Waals surface area contributed by atoms with E-state index in [-0.39, 0.29) is 11.5 Å². The van der Waals surface area contributed by atoms with Crippen molar-refractivity contribution in [1.29, 1.82) is 0 Å². The zero-order chi connectivity index (χ0) is 25.0. The quantitative estimate of drug-likeness (QED) is 0.396. The molecule has 0 fully saturated rings. The fourth-order valence-corrected chi connectivity index (χ4v) is 5.96. The maximum atomic E-state index is 13.3. The van der Waals surface area contributed by atoms with E-state index in [4.69, 9.17) is 4.74 Å². The number of amides is 1. The molecule has 1 aliphatic rings. The molecule has 1 amide bonds. The highest BCUT2D eigenvalue weighted by Crippen LogP contribution is 2.45. The Labute approximate surface area is 207 Å². The molecule has 0 radical (unpaired) electrons. The average molecular weight is 496 g/mol. The van der Waals surface area contributed by atoms with E-state index in [0.717, 1.165) is 36.0 Å². The molecule has 1 heterocycles. The molecule has 186 valence electrons. The molecule has 1 N–H and O–H groups in total. The van der Waals surface area contributed by atoms with Gasteiger partial charge in [0.25, 0.3) is 10.0 Å². The highest BCUT2D eigenvalue weighted by molar-refractivity contribution is 7.90. The Morgan fingerprint density at radius 3 is 2.63 bits per heavy atom. The third-order valence-electron chi connectivity index (χ3n) is 6.63. The predicted octanol–water partition coefficient (Wildman–Crippen LogP) is 5.50. The van der Waals surface area contributed by atoms with Gasteiger partial charge in [-0.25, -0.2) is 22.9 Å². The van der Waals surface area contributed by atoms with Crippen LogP contribution in [-0.2, 0) is 27.7 Å². The second-order valence-corrected chi connectivity index (χ2v) is 11.1. The molecule has 0 saturated carbocycles. The van der Waals surface area contributed by atoms with E-state index in [1.807, 2.05) is 48.0 Å². The number of benzene rings is 2. The van der Waals surface area contributed by atoms with E-state index in [1.165, 1.54) is 5.56 Å². The molecule has 0 aliphatic heterocycles. The second kappa shape index (κ2) is 10.6. The molecule has 0 bridgehead atoms. The average Bonchev–Trinajstić information content (AvgIpc) is 3.48. The van der Waals surface area contributed by atoms with Gasteiger partial charge in [-0.3, -0.25) is 0 Å². The molecule has 3 aromatic rings. The number of hydrogen-bond acceptors (Lipinski definition) is 5. The van der Waals surface area contributed by atoms with Crippen molar-refractivity contribution < 1.29 is 17.9 Å². The van der Waals surface area contributed by atoms with Crippen LogP contribution in [0.15, 0.2) is 60.0 Å². The monoisotopic (exact) mass is 495 g/mol. The van der Waals surface area contributed by atoms with Gasteiger partial charge in [-0.15, -0.1) is 0 Å². The van der Waals surface area contributed by atoms with Crippen LogP contribution >= 0.6 is 0 Å². The smallest absolute Gasteiger partial charge is 0.421 e. The molecule has 35 heavy (non-hydrogen) atoms. The Hall–Kier alpha value is -3.13. The molecule has 2 aromatic carbocycles. The van der Waals surface area contributed by atoms with Crippen LogP contribution in [0.3, 0.4) is 0 Å². The number of sulfonamides is 1. The first-order chi connectivity index (χ1) is 16.8. The van der Waals surface area contributed by atoms with Crippen molar-refractivity contribution in [2.24, 2.45) is 5.92 Å². The largest absolute Gasteiger partial charge is 0.449 e. The molecule has 1 aromatic heterocycles. The van der Waals surface area contributed by atoms with Crippen LogP contribution in [0.5, 0.6) is 0 Å². The normalized spacial score (nSPS) is 15.3. The summed E-state index contributed by atoms with van der Waals surface area (Å²) in [4.78, 5) is 16.4. The lowest BCUT2D eigenvalue weighted by Crippen LogP contribution is -2.32. The van der Waals surface area contributed by atoms with E-state index in [2.05, 4.69) is 23.6 Å². The van der Waals surface area contributed by atoms with Crippen LogP contribution in [0.4, 0.5) is 4.79 Å². The molecule has 7 nitrogen and oxygen atoms in total. The van der Waals surface area contributed by atoms with Crippen LogP contribution < -0.4 is 4.72 Å². The van der Waals surface area contributed by atoms with Crippen molar-refractivity contribution in [3.8, 4) is 11.1 Å². The fourth-order valence-electron chi connectivity index (χ4n) is 4.82. The zero-order valence-electron chi connectivity index (χ0n) is 20.5. The summed E-state index contributed by atoms with van der Waals surface area (Å²) in [6, 6.07) is 11.5. The van der Waals surface area contributed by atoms with Gasteiger partial charge in [-0.05, 0) is 59.4 Å². The first-order valence-electron chi connectivity index (χ1n) is 12.2. The topological polar surface area (TPSA) is 90.3 Å². The molecule has 4 rings (SSSR count). The van der Waals surface area contributed by atoms with E-state index in [0.29, 0.717) is 30.4 Å². The summed E-state index contributed by atoms with van der Waals surface area (Å²) in [5.74, 6) is 0.837. The number of imidazole rings is 1. The van der Waals surface area contributed by atoms with E-state index in [9.17, 15) is 13.2 Å². The number of hydrogen-bond donors (Lipinski definition) is 1. The van der Waals surface area contributed by atoms with Gasteiger partial charge in [0.2, 0.25) is 0 Å². The molecule has 1 atom stereocenters. The summed E-state index contributed by atoms with van der Waals surface area (Å²) in [5.41, 5.74) is 4.82. The fraction of sp³-hybridized carbons (Fsp3) is 0.407. The molecule has 0 saturated heterocycles. The lowest BCUT2D eigenvalue weighted by Gasteiger charge is -2.19. The Balaban J connectivity index is 1.72. The van der Waals surface area contributed by atoms with Gasteiger partial charge < -0.3 is 9.30 Å². The minimum absolute atomic E-state index is 0.107. The predicted molar refractivity (Wildman–Crippen MR) is 136 cm³/mol. The summed E-state index contributed by atoms with van der Waals surface area (Å²) in [6.45, 7) is 7.23. The number of unbranched alkanes of at least 4 members (excludes halogenated alkanes) is 1. The van der Waals surface area contributed by atoms with Gasteiger partial charge in [0.15, 0.2) is 0 Å². The number of carbonyl (C=O) groups is 1. The maximum absolute atomic E-state index is 13.3. The van der Waals surface area contributed by atoms with Crippen LogP contribution in [0, 0.1) is 5.92 Å². The van der Waals surface area contributed by atoms with Gasteiger partial charge in [0.05, 0.1) is 17.8 Å². The number of aromatic nitrogens is 2. The highest BCUT2D eigenvalue weighted by atomic mass is 32.2. The van der Waals surface area contributed by atoms with Crippen LogP contribution in [0.2, 0.25) is 0 Å². The minimum Gasteiger partial charge on any atom is -0.449 e. The minimum atomic E-state index is -4.12. The maximum Gasteiger partial charge on any atom is 0.421 e. The summed E-state index contributed by atoms with van der Waals surface area (Å²) in [6.07, 6.45) is 7.77. The third kappa shape index (κ3) is 5.59. The van der Waals surface area contributed by atoms with Crippen molar-refractivity contribution >= 4 is 16.1 Å². The number of ether oxygens (including phenoxy) is 1. The molecule has 8 heteroatoms. The Morgan fingerprint density at radius 2 is 1.97 bits per heavy atom. The van der Waals surface area contributed by atoms with Crippen molar-refractivity contribution in [2.45, 2.75) is 63.8 Å². The van der Waals surface area contributed by atoms with Crippen LogP contribution in [0.1, 0.15) is 62.6 Å². The van der Waals surface area contributed by atoms with E-state index >= 15 is 0 Å². The van der Waals surface area contributed by atoms with E-state index in [1.54, 1.807) is 18.6 Å². The highest BCUT2D eigenvalue weighted by Gasteiger charge is 2.32. The van der Waals surface area contributed by atoms with Crippen LogP contribution in [-0.4, -0.2) is 30.7 Å². The molecular formula is C27H33N3O4S. The van der Waals surface area contributed by atoms with Crippen molar-refractivity contribution in [3.63, 3.8) is 0 Å². The number of nitrogens with one attached hydrogen (secondary N) is 1. The molecule has 1 unspecified atom stereocenters. The lowest BCUT2D eigenvalue weighted by molar-refractivity contribution is 0.151. The molecular weight excluding hydrogens is 462 g/mol. The molecule has 0 spiro atoms. The van der Waals surface area contributed by atoms with Crippen molar-refractivity contribution in [1.82, 2.24) is 14.3 Å². The Morgan fingerprint density at radius 1 is 1.20 bits per heavy atom. The van der Waals surface area contributed by atoms with E-state index < -0.39 is 16.1 Å². The zero-order valence-corrected chi connectivity index (χ0v) is 21.3. The second-order valence-electron chi connectivity index (χ2n) is 9.42.